The summed E-state index contributed by atoms with van der Waals surface area (Å²) in [5.74, 6) is 1.20. The van der Waals surface area contributed by atoms with Crippen molar-refractivity contribution in [2.75, 3.05) is 25.6 Å². The molecular formula is C17H20Cl2IN3O3. The van der Waals surface area contributed by atoms with Crippen LogP contribution in [-0.2, 0) is 0 Å². The Kier molecular flexibility index (Phi) is 9.85. The third kappa shape index (κ3) is 6.71. The molecule has 1 atom stereocenters. The van der Waals surface area contributed by atoms with E-state index >= 15 is 0 Å². The van der Waals surface area contributed by atoms with Crippen LogP contribution in [0.25, 0.3) is 0 Å². The molecule has 0 aliphatic carbocycles. The lowest BCUT2D eigenvalue weighted by atomic mass is 10.3. The number of benzene rings is 2. The van der Waals surface area contributed by atoms with Crippen LogP contribution in [0.2, 0.25) is 10.0 Å². The number of aliphatic imine (C=N–C) groups is 1. The summed E-state index contributed by atoms with van der Waals surface area (Å²) in [5, 5.41) is 13.6. The first-order chi connectivity index (χ1) is 12.0. The van der Waals surface area contributed by atoms with Crippen molar-refractivity contribution in [3.05, 3.63) is 52.5 Å². The van der Waals surface area contributed by atoms with Crippen LogP contribution in [0.15, 0.2) is 47.5 Å². The van der Waals surface area contributed by atoms with Gasteiger partial charge in [0.15, 0.2) is 5.96 Å². The van der Waals surface area contributed by atoms with Crippen molar-refractivity contribution in [1.82, 2.24) is 0 Å². The summed E-state index contributed by atoms with van der Waals surface area (Å²) in [5.41, 5.74) is 6.50. The number of ether oxygens (including phenoxy) is 2. The Balaban J connectivity index is 0.00000338. The number of halogens is 3. The maximum atomic E-state index is 9.97. The summed E-state index contributed by atoms with van der Waals surface area (Å²) in [7, 11) is 1.57. The molecule has 4 N–H and O–H groups in total. The minimum atomic E-state index is -0.854. The molecule has 9 heteroatoms. The first-order valence-electron chi connectivity index (χ1n) is 7.46. The number of hydrogen-bond donors (Lipinski definition) is 3. The van der Waals surface area contributed by atoms with Gasteiger partial charge < -0.3 is 25.6 Å². The number of nitrogens with zero attached hydrogens (tertiary/aromatic N) is 1. The lowest BCUT2D eigenvalue weighted by molar-refractivity contribution is 0.114. The van der Waals surface area contributed by atoms with Crippen LogP contribution in [0, 0.1) is 0 Å². The average molecular weight is 512 g/mol. The lowest BCUT2D eigenvalue weighted by Crippen LogP contribution is -2.27. The molecule has 2 aromatic carbocycles. The van der Waals surface area contributed by atoms with Gasteiger partial charge in [0.1, 0.15) is 29.2 Å². The van der Waals surface area contributed by atoms with Crippen molar-refractivity contribution in [1.29, 1.82) is 0 Å². The summed E-state index contributed by atoms with van der Waals surface area (Å²) < 4.78 is 10.7. The number of nitrogens with two attached hydrogens (primary N) is 1. The SMILES string of the molecule is COc1ccccc1NC(N)=NCC(O)COc1cccc(Cl)c1Cl.I. The van der Waals surface area contributed by atoms with E-state index in [0.717, 1.165) is 0 Å². The van der Waals surface area contributed by atoms with Crippen molar-refractivity contribution >= 4 is 58.8 Å². The molecule has 2 rings (SSSR count). The van der Waals surface area contributed by atoms with Crippen LogP contribution in [0.1, 0.15) is 0 Å². The molecular weight excluding hydrogens is 492 g/mol. The first-order valence-corrected chi connectivity index (χ1v) is 8.21. The molecule has 2 aromatic rings. The van der Waals surface area contributed by atoms with Crippen molar-refractivity contribution in [2.45, 2.75) is 6.10 Å². The smallest absolute Gasteiger partial charge is 0.193 e. The molecule has 26 heavy (non-hydrogen) atoms. The average Bonchev–Trinajstić information content (AvgIpc) is 2.61. The van der Waals surface area contributed by atoms with E-state index in [1.165, 1.54) is 0 Å². The fourth-order valence-corrected chi connectivity index (χ4v) is 2.31. The minimum Gasteiger partial charge on any atom is -0.495 e. The summed E-state index contributed by atoms with van der Waals surface area (Å²) in [6.45, 7) is 0.0671. The highest BCUT2D eigenvalue weighted by Gasteiger charge is 2.09. The topological polar surface area (TPSA) is 89.1 Å². The highest BCUT2D eigenvalue weighted by Crippen LogP contribution is 2.31. The van der Waals surface area contributed by atoms with Gasteiger partial charge in [-0.05, 0) is 24.3 Å². The number of nitrogens with one attached hydrogen (secondary N) is 1. The van der Waals surface area contributed by atoms with Gasteiger partial charge in [0.2, 0.25) is 0 Å². The predicted octanol–water partition coefficient (Wildman–Crippen LogP) is 3.79. The molecule has 0 aliphatic heterocycles. The molecule has 6 nitrogen and oxygen atoms in total. The van der Waals surface area contributed by atoms with Gasteiger partial charge in [-0.3, -0.25) is 4.99 Å². The first kappa shape index (κ1) is 22.6. The standard InChI is InChI=1S/C17H19Cl2N3O3.HI/c1-24-14-7-3-2-6-13(14)22-17(20)21-9-11(23)10-25-15-8-4-5-12(18)16(15)19;/h2-8,11,23H,9-10H2,1H3,(H3,20,21,22);1H. The minimum absolute atomic E-state index is 0. The predicted molar refractivity (Wildman–Crippen MR) is 116 cm³/mol. The maximum Gasteiger partial charge on any atom is 0.193 e. The highest BCUT2D eigenvalue weighted by atomic mass is 127. The Morgan fingerprint density at radius 1 is 1.19 bits per heavy atom. The molecule has 0 amide bonds. The van der Waals surface area contributed by atoms with Crippen LogP contribution in [-0.4, -0.2) is 37.4 Å². The van der Waals surface area contributed by atoms with E-state index in [9.17, 15) is 5.11 Å². The van der Waals surface area contributed by atoms with Crippen molar-refractivity contribution < 1.29 is 14.6 Å². The number of hydrogen-bond acceptors (Lipinski definition) is 4. The Labute approximate surface area is 179 Å². The Hall–Kier alpha value is -1.42. The lowest BCUT2D eigenvalue weighted by Gasteiger charge is -2.13. The Morgan fingerprint density at radius 2 is 1.88 bits per heavy atom. The van der Waals surface area contributed by atoms with Gasteiger partial charge in [-0.15, -0.1) is 24.0 Å². The van der Waals surface area contributed by atoms with E-state index in [-0.39, 0.29) is 43.1 Å². The van der Waals surface area contributed by atoms with Gasteiger partial charge in [0, 0.05) is 0 Å². The van der Waals surface area contributed by atoms with Crippen molar-refractivity contribution in [3.63, 3.8) is 0 Å². The third-order valence-electron chi connectivity index (χ3n) is 3.19. The zero-order chi connectivity index (χ0) is 18.2. The number of para-hydroxylation sites is 2. The third-order valence-corrected chi connectivity index (χ3v) is 3.99. The van der Waals surface area contributed by atoms with E-state index in [1.54, 1.807) is 31.4 Å². The maximum absolute atomic E-state index is 9.97. The fourth-order valence-electron chi connectivity index (χ4n) is 1.96. The van der Waals surface area contributed by atoms with Gasteiger partial charge in [0.05, 0.1) is 24.4 Å². The number of rotatable bonds is 7. The number of guanidine groups is 1. The number of methoxy groups -OCH3 is 1. The molecule has 142 valence electrons. The number of aliphatic hydroxyl groups excluding tert-OH is 1. The van der Waals surface area contributed by atoms with E-state index in [4.69, 9.17) is 38.4 Å². The molecule has 1 unspecified atom stereocenters. The fraction of sp³-hybridized carbons (Fsp3) is 0.235. The van der Waals surface area contributed by atoms with Crippen molar-refractivity contribution in [3.8, 4) is 11.5 Å². The summed E-state index contributed by atoms with van der Waals surface area (Å²) >= 11 is 11.9. The van der Waals surface area contributed by atoms with Gasteiger partial charge in [-0.2, -0.15) is 0 Å². The molecule has 0 bridgehead atoms. The van der Waals surface area contributed by atoms with Crippen molar-refractivity contribution in [2.24, 2.45) is 10.7 Å². The summed E-state index contributed by atoms with van der Waals surface area (Å²) in [4.78, 5) is 4.09. The zero-order valence-electron chi connectivity index (χ0n) is 14.0. The van der Waals surface area contributed by atoms with E-state index in [0.29, 0.717) is 27.2 Å². The molecule has 0 spiro atoms. The van der Waals surface area contributed by atoms with Gasteiger partial charge >= 0.3 is 0 Å². The summed E-state index contributed by atoms with van der Waals surface area (Å²) in [6, 6.07) is 12.3. The second-order valence-electron chi connectivity index (χ2n) is 5.07. The number of anilines is 1. The highest BCUT2D eigenvalue weighted by molar-refractivity contribution is 14.0. The zero-order valence-corrected chi connectivity index (χ0v) is 17.8. The van der Waals surface area contributed by atoms with Gasteiger partial charge in [-0.1, -0.05) is 41.4 Å². The van der Waals surface area contributed by atoms with Crippen LogP contribution in [0.4, 0.5) is 5.69 Å². The molecule has 0 aromatic heterocycles. The molecule has 0 fully saturated rings. The van der Waals surface area contributed by atoms with Crippen LogP contribution >= 0.6 is 47.2 Å². The van der Waals surface area contributed by atoms with E-state index < -0.39 is 6.10 Å². The molecule has 0 radical (unpaired) electrons. The monoisotopic (exact) mass is 511 g/mol. The van der Waals surface area contributed by atoms with Crippen LogP contribution < -0.4 is 20.5 Å². The summed E-state index contributed by atoms with van der Waals surface area (Å²) in [6.07, 6.45) is -0.854. The van der Waals surface area contributed by atoms with Crippen LogP contribution in [0.3, 0.4) is 0 Å². The Morgan fingerprint density at radius 3 is 2.62 bits per heavy atom. The molecule has 0 saturated carbocycles. The molecule has 0 aliphatic rings. The molecule has 0 saturated heterocycles. The van der Waals surface area contributed by atoms with Crippen LogP contribution in [0.5, 0.6) is 11.5 Å². The normalized spacial score (nSPS) is 12.1. The molecule has 0 heterocycles. The van der Waals surface area contributed by atoms with E-state index in [2.05, 4.69) is 10.3 Å². The van der Waals surface area contributed by atoms with Gasteiger partial charge in [-0.25, -0.2) is 0 Å². The number of aliphatic hydroxyl groups is 1. The quantitative estimate of drug-likeness (QED) is 0.299. The second-order valence-corrected chi connectivity index (χ2v) is 5.85. The Bertz CT molecular complexity index is 747. The second kappa shape index (κ2) is 11.3. The van der Waals surface area contributed by atoms with E-state index in [1.807, 2.05) is 18.2 Å². The largest absolute Gasteiger partial charge is 0.495 e. The van der Waals surface area contributed by atoms with Gasteiger partial charge in [0.25, 0.3) is 0 Å².